The van der Waals surface area contributed by atoms with E-state index in [0.717, 1.165) is 6.42 Å². The van der Waals surface area contributed by atoms with Crippen molar-refractivity contribution in [1.82, 2.24) is 10.6 Å². The Kier molecular flexibility index (Phi) is 5.78. The summed E-state index contributed by atoms with van der Waals surface area (Å²) in [6.45, 7) is 2.57. The predicted octanol–water partition coefficient (Wildman–Crippen LogP) is 2.50. The molecule has 1 saturated carbocycles. The molecule has 1 aliphatic carbocycles. The molecule has 2 rings (SSSR count). The summed E-state index contributed by atoms with van der Waals surface area (Å²) in [5.41, 5.74) is 0.624. The Morgan fingerprint density at radius 2 is 1.86 bits per heavy atom. The van der Waals surface area contributed by atoms with Crippen LogP contribution < -0.4 is 10.6 Å². The van der Waals surface area contributed by atoms with Gasteiger partial charge in [0.1, 0.15) is 0 Å². The Hall–Kier alpha value is -1.84. The maximum absolute atomic E-state index is 11.9. The summed E-state index contributed by atoms with van der Waals surface area (Å²) in [6.07, 6.45) is 5.06. The lowest BCUT2D eigenvalue weighted by Crippen LogP contribution is -2.42. The van der Waals surface area contributed by atoms with Crippen LogP contribution in [0.1, 0.15) is 49.4 Å². The SMILES string of the molecule is C[C@H]1CCCC[C@@H]1NC(=O)CCNC(=O)c1ccccc1. The Balaban J connectivity index is 1.68. The van der Waals surface area contributed by atoms with Crippen molar-refractivity contribution in [1.29, 1.82) is 0 Å². The molecule has 2 N–H and O–H groups in total. The van der Waals surface area contributed by atoms with Crippen LogP contribution >= 0.6 is 0 Å². The lowest BCUT2D eigenvalue weighted by atomic mass is 9.86. The molecular formula is C17H24N2O2. The van der Waals surface area contributed by atoms with E-state index in [0.29, 0.717) is 30.5 Å². The summed E-state index contributed by atoms with van der Waals surface area (Å²) >= 11 is 0. The van der Waals surface area contributed by atoms with E-state index >= 15 is 0 Å². The fourth-order valence-electron chi connectivity index (χ4n) is 2.79. The van der Waals surface area contributed by atoms with Gasteiger partial charge in [0, 0.05) is 24.6 Å². The molecule has 2 atom stereocenters. The minimum Gasteiger partial charge on any atom is -0.353 e. The van der Waals surface area contributed by atoms with Crippen molar-refractivity contribution in [3.63, 3.8) is 0 Å². The highest BCUT2D eigenvalue weighted by atomic mass is 16.2. The van der Waals surface area contributed by atoms with Crippen LogP contribution in [0.3, 0.4) is 0 Å². The van der Waals surface area contributed by atoms with Gasteiger partial charge in [-0.1, -0.05) is 38.0 Å². The summed E-state index contributed by atoms with van der Waals surface area (Å²) < 4.78 is 0. The minimum atomic E-state index is -0.130. The molecule has 1 aromatic carbocycles. The van der Waals surface area contributed by atoms with Gasteiger partial charge in [-0.05, 0) is 30.9 Å². The fourth-order valence-corrected chi connectivity index (χ4v) is 2.79. The molecule has 1 fully saturated rings. The number of benzene rings is 1. The highest BCUT2D eigenvalue weighted by Gasteiger charge is 2.22. The highest BCUT2D eigenvalue weighted by molar-refractivity contribution is 5.94. The van der Waals surface area contributed by atoms with Gasteiger partial charge in [0.15, 0.2) is 0 Å². The number of nitrogens with one attached hydrogen (secondary N) is 2. The van der Waals surface area contributed by atoms with Gasteiger partial charge in [-0.25, -0.2) is 0 Å². The van der Waals surface area contributed by atoms with Crippen LogP contribution in [0.25, 0.3) is 0 Å². The summed E-state index contributed by atoms with van der Waals surface area (Å²) in [6, 6.07) is 9.35. The van der Waals surface area contributed by atoms with Crippen LogP contribution in [0.5, 0.6) is 0 Å². The van der Waals surface area contributed by atoms with Crippen molar-refractivity contribution in [3.05, 3.63) is 35.9 Å². The third-order valence-corrected chi connectivity index (χ3v) is 4.13. The summed E-state index contributed by atoms with van der Waals surface area (Å²) in [7, 11) is 0. The molecule has 21 heavy (non-hydrogen) atoms. The van der Waals surface area contributed by atoms with E-state index in [2.05, 4.69) is 17.6 Å². The van der Waals surface area contributed by atoms with Crippen LogP contribution in [0, 0.1) is 5.92 Å². The van der Waals surface area contributed by atoms with E-state index in [-0.39, 0.29) is 11.8 Å². The molecule has 4 nitrogen and oxygen atoms in total. The normalized spacial score (nSPS) is 21.6. The van der Waals surface area contributed by atoms with E-state index in [1.54, 1.807) is 12.1 Å². The number of rotatable bonds is 5. The predicted molar refractivity (Wildman–Crippen MR) is 83.0 cm³/mol. The van der Waals surface area contributed by atoms with Crippen molar-refractivity contribution in [3.8, 4) is 0 Å². The third kappa shape index (κ3) is 4.88. The first kappa shape index (κ1) is 15.5. The van der Waals surface area contributed by atoms with Gasteiger partial charge in [-0.2, -0.15) is 0 Å². The summed E-state index contributed by atoms with van der Waals surface area (Å²) in [5, 5.41) is 5.87. The smallest absolute Gasteiger partial charge is 0.251 e. The zero-order valence-electron chi connectivity index (χ0n) is 12.6. The van der Waals surface area contributed by atoms with Crippen molar-refractivity contribution in [2.75, 3.05) is 6.54 Å². The number of hydrogen-bond donors (Lipinski definition) is 2. The average Bonchev–Trinajstić information content (AvgIpc) is 2.50. The summed E-state index contributed by atoms with van der Waals surface area (Å²) in [4.78, 5) is 23.7. The molecule has 4 heteroatoms. The first-order valence-electron chi connectivity index (χ1n) is 7.79. The molecule has 0 aliphatic heterocycles. The number of amides is 2. The Morgan fingerprint density at radius 3 is 2.57 bits per heavy atom. The van der Waals surface area contributed by atoms with Crippen LogP contribution in [0.15, 0.2) is 30.3 Å². The van der Waals surface area contributed by atoms with Crippen molar-refractivity contribution < 1.29 is 9.59 Å². The topological polar surface area (TPSA) is 58.2 Å². The molecule has 0 spiro atoms. The van der Waals surface area contributed by atoms with Gasteiger partial charge in [-0.15, -0.1) is 0 Å². The number of carbonyl (C=O) groups is 2. The fraction of sp³-hybridized carbons (Fsp3) is 0.529. The van der Waals surface area contributed by atoms with Crippen LogP contribution in [0.2, 0.25) is 0 Å². The maximum Gasteiger partial charge on any atom is 0.251 e. The molecule has 0 unspecified atom stereocenters. The van der Waals surface area contributed by atoms with Gasteiger partial charge in [0.25, 0.3) is 5.91 Å². The Morgan fingerprint density at radius 1 is 1.14 bits per heavy atom. The van der Waals surface area contributed by atoms with Crippen LogP contribution in [-0.4, -0.2) is 24.4 Å². The second-order valence-corrected chi connectivity index (χ2v) is 5.81. The van der Waals surface area contributed by atoms with Gasteiger partial charge < -0.3 is 10.6 Å². The zero-order valence-corrected chi connectivity index (χ0v) is 12.6. The molecule has 0 bridgehead atoms. The maximum atomic E-state index is 11.9. The lowest BCUT2D eigenvalue weighted by Gasteiger charge is -2.29. The van der Waals surface area contributed by atoms with Crippen molar-refractivity contribution >= 4 is 11.8 Å². The molecule has 0 saturated heterocycles. The second kappa shape index (κ2) is 7.81. The molecule has 1 aromatic rings. The van der Waals surface area contributed by atoms with E-state index in [1.807, 2.05) is 18.2 Å². The monoisotopic (exact) mass is 288 g/mol. The highest BCUT2D eigenvalue weighted by Crippen LogP contribution is 2.23. The van der Waals surface area contributed by atoms with Gasteiger partial charge in [0.05, 0.1) is 0 Å². The molecule has 2 amide bonds. The van der Waals surface area contributed by atoms with Crippen molar-refractivity contribution in [2.45, 2.75) is 45.1 Å². The first-order valence-corrected chi connectivity index (χ1v) is 7.79. The zero-order chi connectivity index (χ0) is 15.1. The van der Waals surface area contributed by atoms with E-state index in [4.69, 9.17) is 0 Å². The van der Waals surface area contributed by atoms with E-state index in [9.17, 15) is 9.59 Å². The molecule has 0 aromatic heterocycles. The average molecular weight is 288 g/mol. The van der Waals surface area contributed by atoms with Gasteiger partial charge >= 0.3 is 0 Å². The Bertz CT molecular complexity index is 473. The van der Waals surface area contributed by atoms with Crippen LogP contribution in [0.4, 0.5) is 0 Å². The second-order valence-electron chi connectivity index (χ2n) is 5.81. The van der Waals surface area contributed by atoms with Crippen molar-refractivity contribution in [2.24, 2.45) is 5.92 Å². The molecule has 0 radical (unpaired) electrons. The molecular weight excluding hydrogens is 264 g/mol. The van der Waals surface area contributed by atoms with Gasteiger partial charge in [0.2, 0.25) is 5.91 Å². The lowest BCUT2D eigenvalue weighted by molar-refractivity contribution is -0.122. The van der Waals surface area contributed by atoms with Crippen LogP contribution in [-0.2, 0) is 4.79 Å². The molecule has 1 aliphatic rings. The quantitative estimate of drug-likeness (QED) is 0.874. The molecule has 0 heterocycles. The van der Waals surface area contributed by atoms with E-state index in [1.165, 1.54) is 19.3 Å². The largest absolute Gasteiger partial charge is 0.353 e. The third-order valence-electron chi connectivity index (χ3n) is 4.13. The number of hydrogen-bond acceptors (Lipinski definition) is 2. The first-order chi connectivity index (χ1) is 10.2. The number of carbonyl (C=O) groups excluding carboxylic acids is 2. The van der Waals surface area contributed by atoms with E-state index < -0.39 is 0 Å². The Labute approximate surface area is 126 Å². The minimum absolute atomic E-state index is 0.0297. The van der Waals surface area contributed by atoms with Gasteiger partial charge in [-0.3, -0.25) is 9.59 Å². The standard InChI is InChI=1S/C17H24N2O2/c1-13-7-5-6-10-15(13)19-16(20)11-12-18-17(21)14-8-3-2-4-9-14/h2-4,8-9,13,15H,5-7,10-12H2,1H3,(H,18,21)(H,19,20)/t13-,15-/m0/s1. The summed E-state index contributed by atoms with van der Waals surface area (Å²) in [5.74, 6) is 0.457. The molecule has 114 valence electrons.